The Morgan fingerprint density at radius 3 is 2.53 bits per heavy atom. The summed E-state index contributed by atoms with van der Waals surface area (Å²) in [6, 6.07) is 0. The van der Waals surface area contributed by atoms with E-state index >= 15 is 0 Å². The van der Waals surface area contributed by atoms with Crippen LogP contribution in [0.25, 0.3) is 0 Å². The number of methoxy groups -OCH3 is 1. The maximum atomic E-state index is 5.69. The summed E-state index contributed by atoms with van der Waals surface area (Å²) in [5.41, 5.74) is 0.905. The summed E-state index contributed by atoms with van der Waals surface area (Å²) in [4.78, 5) is 9.17. The molecule has 1 rings (SSSR count). The van der Waals surface area contributed by atoms with E-state index in [1.54, 1.807) is 7.11 Å². The summed E-state index contributed by atoms with van der Waals surface area (Å²) in [5.74, 6) is 1.59. The number of nitrogens with one attached hydrogen (secondary N) is 1. The van der Waals surface area contributed by atoms with Crippen LogP contribution in [0, 0.1) is 3.57 Å². The minimum Gasteiger partial charge on any atom is -0.378 e. The highest BCUT2D eigenvalue weighted by atomic mass is 127. The second kappa shape index (κ2) is 8.65. The van der Waals surface area contributed by atoms with Crippen LogP contribution in [-0.4, -0.2) is 30.2 Å². The van der Waals surface area contributed by atoms with Crippen molar-refractivity contribution in [3.8, 4) is 0 Å². The van der Waals surface area contributed by atoms with E-state index in [-0.39, 0.29) is 6.10 Å². The molecule has 1 atom stereocenters. The Morgan fingerprint density at radius 1 is 1.26 bits per heavy atom. The van der Waals surface area contributed by atoms with Gasteiger partial charge in [0.1, 0.15) is 11.9 Å². The largest absolute Gasteiger partial charge is 0.378 e. The molecule has 5 nitrogen and oxygen atoms in total. The highest BCUT2D eigenvalue weighted by Crippen LogP contribution is 2.25. The van der Waals surface area contributed by atoms with E-state index in [2.05, 4.69) is 44.8 Å². The maximum Gasteiger partial charge on any atom is 0.159 e. The van der Waals surface area contributed by atoms with Gasteiger partial charge in [-0.05, 0) is 42.9 Å². The van der Waals surface area contributed by atoms with Crippen LogP contribution in [0.15, 0.2) is 0 Å². The molecule has 6 heteroatoms. The molecule has 0 aliphatic heterocycles. The van der Waals surface area contributed by atoms with Crippen molar-refractivity contribution in [2.75, 3.05) is 25.6 Å². The van der Waals surface area contributed by atoms with Crippen molar-refractivity contribution in [3.05, 3.63) is 15.1 Å². The molecule has 19 heavy (non-hydrogen) atoms. The first-order chi connectivity index (χ1) is 9.17. The lowest BCUT2D eigenvalue weighted by Crippen LogP contribution is -2.14. The number of hydrogen-bond acceptors (Lipinski definition) is 5. The molecule has 0 bridgehead atoms. The van der Waals surface area contributed by atoms with E-state index in [9.17, 15) is 0 Å². The fourth-order valence-electron chi connectivity index (χ4n) is 1.75. The zero-order valence-corrected chi connectivity index (χ0v) is 14.2. The van der Waals surface area contributed by atoms with Gasteiger partial charge in [-0.25, -0.2) is 9.97 Å². The van der Waals surface area contributed by atoms with E-state index in [4.69, 9.17) is 9.47 Å². The second-order valence-electron chi connectivity index (χ2n) is 4.01. The van der Waals surface area contributed by atoms with Crippen LogP contribution in [-0.2, 0) is 16.1 Å². The van der Waals surface area contributed by atoms with Gasteiger partial charge in [0.2, 0.25) is 0 Å². The molecule has 0 amide bonds. The van der Waals surface area contributed by atoms with Crippen molar-refractivity contribution in [2.45, 2.75) is 39.9 Å². The molecule has 0 saturated carbocycles. The molecule has 0 saturated heterocycles. The van der Waals surface area contributed by atoms with Crippen molar-refractivity contribution in [2.24, 2.45) is 0 Å². The van der Waals surface area contributed by atoms with Gasteiger partial charge >= 0.3 is 0 Å². The molecular weight excluding hydrogens is 357 g/mol. The third-order valence-electron chi connectivity index (χ3n) is 2.59. The van der Waals surface area contributed by atoms with Gasteiger partial charge in [0.15, 0.2) is 5.82 Å². The molecule has 0 aromatic carbocycles. The average molecular weight is 379 g/mol. The average Bonchev–Trinajstić information content (AvgIpc) is 2.41. The third kappa shape index (κ3) is 4.54. The molecule has 1 aromatic heterocycles. The van der Waals surface area contributed by atoms with Crippen LogP contribution in [0.5, 0.6) is 0 Å². The molecule has 0 radical (unpaired) electrons. The number of hydrogen-bond donors (Lipinski definition) is 1. The highest BCUT2D eigenvalue weighted by Gasteiger charge is 2.18. The van der Waals surface area contributed by atoms with E-state index in [1.165, 1.54) is 0 Å². The van der Waals surface area contributed by atoms with Crippen molar-refractivity contribution < 1.29 is 9.47 Å². The summed E-state index contributed by atoms with van der Waals surface area (Å²) >= 11 is 2.25. The van der Waals surface area contributed by atoms with Gasteiger partial charge < -0.3 is 14.8 Å². The standard InChI is InChI=1S/C13H22IN3O2/c1-5-10(19-7-3)12-16-9(8-18-4)11(14)13(17-12)15-6-2/h10H,5-8H2,1-4H3,(H,15,16,17). The van der Waals surface area contributed by atoms with Crippen LogP contribution in [0.1, 0.15) is 44.8 Å². The Bertz CT molecular complexity index is 374. The first-order valence-electron chi connectivity index (χ1n) is 6.58. The lowest BCUT2D eigenvalue weighted by atomic mass is 10.2. The van der Waals surface area contributed by atoms with E-state index in [0.717, 1.165) is 33.9 Å². The van der Waals surface area contributed by atoms with Gasteiger partial charge in [0.05, 0.1) is 15.9 Å². The predicted octanol–water partition coefficient (Wildman–Crippen LogP) is 3.15. The number of nitrogens with zero attached hydrogens (tertiary/aromatic N) is 2. The first-order valence-corrected chi connectivity index (χ1v) is 7.66. The van der Waals surface area contributed by atoms with Gasteiger partial charge in [-0.3, -0.25) is 0 Å². The normalized spacial score (nSPS) is 12.5. The van der Waals surface area contributed by atoms with E-state index in [1.807, 2.05) is 13.8 Å². The minimum absolute atomic E-state index is 0.0602. The van der Waals surface area contributed by atoms with Crippen LogP contribution in [0.4, 0.5) is 5.82 Å². The Balaban J connectivity index is 3.15. The minimum atomic E-state index is -0.0602. The predicted molar refractivity (Wildman–Crippen MR) is 84.3 cm³/mol. The molecule has 1 N–H and O–H groups in total. The molecule has 108 valence electrons. The molecular formula is C13H22IN3O2. The fraction of sp³-hybridized carbons (Fsp3) is 0.692. The molecule has 0 aliphatic carbocycles. The van der Waals surface area contributed by atoms with Crippen LogP contribution >= 0.6 is 22.6 Å². The molecule has 0 spiro atoms. The summed E-state index contributed by atoms with van der Waals surface area (Å²) in [5, 5.41) is 3.27. The molecule has 1 heterocycles. The Hall–Kier alpha value is -0.470. The van der Waals surface area contributed by atoms with E-state index < -0.39 is 0 Å². The van der Waals surface area contributed by atoms with Gasteiger partial charge in [-0.2, -0.15) is 0 Å². The second-order valence-corrected chi connectivity index (χ2v) is 5.09. The highest BCUT2D eigenvalue weighted by molar-refractivity contribution is 14.1. The van der Waals surface area contributed by atoms with Gasteiger partial charge in [0, 0.05) is 20.3 Å². The number of aromatic nitrogens is 2. The first kappa shape index (κ1) is 16.6. The zero-order chi connectivity index (χ0) is 14.3. The van der Waals surface area contributed by atoms with Crippen molar-refractivity contribution >= 4 is 28.4 Å². The molecule has 0 fully saturated rings. The smallest absolute Gasteiger partial charge is 0.159 e. The molecule has 1 unspecified atom stereocenters. The van der Waals surface area contributed by atoms with E-state index in [0.29, 0.717) is 13.2 Å². The fourth-order valence-corrected chi connectivity index (χ4v) is 2.34. The summed E-state index contributed by atoms with van der Waals surface area (Å²) in [6.45, 7) is 8.07. The monoisotopic (exact) mass is 379 g/mol. The summed E-state index contributed by atoms with van der Waals surface area (Å²) in [6.07, 6.45) is 0.793. The number of rotatable bonds is 8. The lowest BCUT2D eigenvalue weighted by molar-refractivity contribution is 0.0530. The van der Waals surface area contributed by atoms with Gasteiger partial charge in [-0.1, -0.05) is 6.92 Å². The van der Waals surface area contributed by atoms with Crippen molar-refractivity contribution in [1.29, 1.82) is 0 Å². The molecule has 0 aliphatic rings. The lowest BCUT2D eigenvalue weighted by Gasteiger charge is -2.17. The van der Waals surface area contributed by atoms with Gasteiger partial charge in [0.25, 0.3) is 0 Å². The zero-order valence-electron chi connectivity index (χ0n) is 12.0. The topological polar surface area (TPSA) is 56.3 Å². The summed E-state index contributed by atoms with van der Waals surface area (Å²) in [7, 11) is 1.67. The Labute approximate surface area is 128 Å². The SMILES string of the molecule is CCNc1nc(C(CC)OCC)nc(COC)c1I. The molecule has 1 aromatic rings. The van der Waals surface area contributed by atoms with Crippen molar-refractivity contribution in [1.82, 2.24) is 9.97 Å². The quantitative estimate of drug-likeness (QED) is 0.704. The van der Waals surface area contributed by atoms with Crippen LogP contribution < -0.4 is 5.32 Å². The number of ether oxygens (including phenoxy) is 2. The number of anilines is 1. The van der Waals surface area contributed by atoms with Gasteiger partial charge in [-0.15, -0.1) is 0 Å². The summed E-state index contributed by atoms with van der Waals surface area (Å²) < 4.78 is 11.9. The number of halogens is 1. The Kier molecular flexibility index (Phi) is 7.55. The van der Waals surface area contributed by atoms with Crippen LogP contribution in [0.2, 0.25) is 0 Å². The third-order valence-corrected chi connectivity index (χ3v) is 3.72. The Morgan fingerprint density at radius 2 is 2.00 bits per heavy atom. The van der Waals surface area contributed by atoms with Crippen molar-refractivity contribution in [3.63, 3.8) is 0 Å². The van der Waals surface area contributed by atoms with Crippen LogP contribution in [0.3, 0.4) is 0 Å². The maximum absolute atomic E-state index is 5.69.